The molecule has 14 heteroatoms. The van der Waals surface area contributed by atoms with E-state index < -0.39 is 36.4 Å². The van der Waals surface area contributed by atoms with Crippen LogP contribution in [0.1, 0.15) is 16.1 Å². The monoisotopic (exact) mass is 510 g/mol. The van der Waals surface area contributed by atoms with E-state index in [1.165, 1.54) is 12.1 Å². The van der Waals surface area contributed by atoms with E-state index in [1.807, 2.05) is 0 Å². The van der Waals surface area contributed by atoms with Crippen LogP contribution in [0.5, 0.6) is 0 Å². The first kappa shape index (κ1) is 25.8. The van der Waals surface area contributed by atoms with Crippen molar-refractivity contribution < 1.29 is 23.1 Å². The minimum Gasteiger partial charge on any atom is -0.365 e. The van der Waals surface area contributed by atoms with Gasteiger partial charge >= 0.3 is 11.4 Å². The second-order valence-electron chi connectivity index (χ2n) is 7.21. The van der Waals surface area contributed by atoms with Crippen molar-refractivity contribution in [2.45, 2.75) is 11.3 Å². The second-order valence-corrected chi connectivity index (χ2v) is 8.70. The Labute approximate surface area is 203 Å². The lowest BCUT2D eigenvalue weighted by molar-refractivity contribution is -0.387. The molecule has 0 aliphatic carbocycles. The highest BCUT2D eigenvalue weighted by atomic mass is 32.2. The number of fused-ring (bicyclic) bond motifs is 2. The first-order valence-electron chi connectivity index (χ1n) is 9.99. The summed E-state index contributed by atoms with van der Waals surface area (Å²) in [6.45, 7) is 3.53. The van der Waals surface area contributed by atoms with Crippen LogP contribution >= 0.6 is 0 Å². The van der Waals surface area contributed by atoms with Crippen LogP contribution in [0.2, 0.25) is 0 Å². The third-order valence-corrected chi connectivity index (χ3v) is 5.89. The standard InChI is InChI=1S/C13H11N3O3.C9H7N3O4S/c1-2-5-10-12(16(18)19)11(13(14)17)8-6-3-4-7-9(8)15-10;10-17(15,16)9-6-3-1-2-4-7(6)11-5-8(9)12(13)14/h2-4,6-7H,1,5H2,(H2,14,17);1-5H,(H2,10,15,16). The number of hydrogen-bond acceptors (Lipinski definition) is 9. The number of allylic oxidation sites excluding steroid dienone is 1. The number of rotatable bonds is 6. The Morgan fingerprint density at radius 1 is 1.00 bits per heavy atom. The minimum absolute atomic E-state index is 0.104. The number of para-hydroxylation sites is 2. The largest absolute Gasteiger partial charge is 0.365 e. The highest BCUT2D eigenvalue weighted by Crippen LogP contribution is 2.30. The number of nitro groups is 2. The lowest BCUT2D eigenvalue weighted by Crippen LogP contribution is -2.16. The molecule has 1 amide bonds. The molecule has 0 spiro atoms. The molecular formula is C22H18N6O7S. The molecule has 0 radical (unpaired) electrons. The van der Waals surface area contributed by atoms with E-state index in [0.29, 0.717) is 16.4 Å². The average Bonchev–Trinajstić information content (AvgIpc) is 2.82. The maximum atomic E-state index is 11.6. The van der Waals surface area contributed by atoms with Crippen LogP contribution in [0.4, 0.5) is 11.4 Å². The molecule has 4 aromatic rings. The molecule has 0 aliphatic heterocycles. The van der Waals surface area contributed by atoms with Crippen LogP contribution in [0.25, 0.3) is 21.8 Å². The number of benzene rings is 2. The summed E-state index contributed by atoms with van der Waals surface area (Å²) in [5, 5.41) is 27.5. The van der Waals surface area contributed by atoms with Crippen LogP contribution in [0, 0.1) is 20.2 Å². The third-order valence-electron chi connectivity index (χ3n) is 4.89. The summed E-state index contributed by atoms with van der Waals surface area (Å²) in [5.74, 6) is -0.837. The zero-order valence-corrected chi connectivity index (χ0v) is 19.2. The Hall–Kier alpha value is -4.82. The summed E-state index contributed by atoms with van der Waals surface area (Å²) in [6, 6.07) is 12.9. The van der Waals surface area contributed by atoms with Crippen LogP contribution in [-0.4, -0.2) is 34.1 Å². The van der Waals surface area contributed by atoms with E-state index in [9.17, 15) is 33.4 Å². The molecule has 2 aromatic heterocycles. The zero-order chi connectivity index (χ0) is 26.6. The molecular weight excluding hydrogens is 492 g/mol. The van der Waals surface area contributed by atoms with Gasteiger partial charge in [-0.1, -0.05) is 42.5 Å². The third kappa shape index (κ3) is 5.13. The molecule has 0 saturated carbocycles. The topological polar surface area (TPSA) is 215 Å². The summed E-state index contributed by atoms with van der Waals surface area (Å²) in [6.07, 6.45) is 2.58. The van der Waals surface area contributed by atoms with Gasteiger partial charge in [0.2, 0.25) is 10.0 Å². The number of amides is 1. The van der Waals surface area contributed by atoms with Crippen molar-refractivity contribution in [2.24, 2.45) is 10.9 Å². The van der Waals surface area contributed by atoms with E-state index >= 15 is 0 Å². The zero-order valence-electron chi connectivity index (χ0n) is 18.4. The minimum atomic E-state index is -4.19. The summed E-state index contributed by atoms with van der Waals surface area (Å²) >= 11 is 0. The lowest BCUT2D eigenvalue weighted by Gasteiger charge is -2.07. The summed E-state index contributed by atoms with van der Waals surface area (Å²) in [7, 11) is -4.19. The van der Waals surface area contributed by atoms with Crippen molar-refractivity contribution in [2.75, 3.05) is 0 Å². The molecule has 2 aromatic carbocycles. The van der Waals surface area contributed by atoms with Gasteiger partial charge in [-0.3, -0.25) is 25.0 Å². The Morgan fingerprint density at radius 2 is 1.58 bits per heavy atom. The van der Waals surface area contributed by atoms with Gasteiger partial charge in [0, 0.05) is 17.2 Å². The first-order chi connectivity index (χ1) is 17.0. The molecule has 0 aliphatic rings. The number of primary amides is 1. The Morgan fingerprint density at radius 3 is 2.11 bits per heavy atom. The molecule has 36 heavy (non-hydrogen) atoms. The lowest BCUT2D eigenvalue weighted by atomic mass is 10.0. The van der Waals surface area contributed by atoms with Crippen molar-refractivity contribution in [1.29, 1.82) is 0 Å². The highest BCUT2D eigenvalue weighted by molar-refractivity contribution is 7.89. The van der Waals surface area contributed by atoms with E-state index in [1.54, 1.807) is 42.5 Å². The first-order valence-corrected chi connectivity index (χ1v) is 11.5. The van der Waals surface area contributed by atoms with Crippen LogP contribution in [-0.2, 0) is 16.4 Å². The second kappa shape index (κ2) is 10.2. The maximum absolute atomic E-state index is 11.6. The van der Waals surface area contributed by atoms with E-state index in [0.717, 1.165) is 6.20 Å². The molecule has 4 rings (SSSR count). The average molecular weight is 510 g/mol. The maximum Gasteiger partial charge on any atom is 0.308 e. The number of carbonyl (C=O) groups is 1. The summed E-state index contributed by atoms with van der Waals surface area (Å²) in [4.78, 5) is 39.6. The molecule has 0 fully saturated rings. The van der Waals surface area contributed by atoms with Gasteiger partial charge in [-0.15, -0.1) is 6.58 Å². The summed E-state index contributed by atoms with van der Waals surface area (Å²) in [5.41, 5.74) is 5.24. The number of nitrogens with two attached hydrogens (primary N) is 2. The van der Waals surface area contributed by atoms with Crippen molar-refractivity contribution in [3.8, 4) is 0 Å². The predicted octanol–water partition coefficient (Wildman–Crippen LogP) is 2.76. The van der Waals surface area contributed by atoms with Crippen LogP contribution in [0.3, 0.4) is 0 Å². The van der Waals surface area contributed by atoms with Crippen molar-refractivity contribution in [1.82, 2.24) is 9.97 Å². The van der Waals surface area contributed by atoms with Crippen molar-refractivity contribution >= 4 is 49.1 Å². The number of hydrogen-bond donors (Lipinski definition) is 2. The highest BCUT2D eigenvalue weighted by Gasteiger charge is 2.27. The predicted molar refractivity (Wildman–Crippen MR) is 131 cm³/mol. The van der Waals surface area contributed by atoms with E-state index in [-0.39, 0.29) is 28.8 Å². The summed E-state index contributed by atoms with van der Waals surface area (Å²) < 4.78 is 22.8. The normalized spacial score (nSPS) is 10.9. The number of carbonyl (C=O) groups excluding carboxylic acids is 1. The van der Waals surface area contributed by atoms with E-state index in [2.05, 4.69) is 16.5 Å². The number of aromatic nitrogens is 2. The number of primary sulfonamides is 1. The molecule has 13 nitrogen and oxygen atoms in total. The molecule has 4 N–H and O–H groups in total. The van der Waals surface area contributed by atoms with Gasteiger partial charge in [-0.05, 0) is 12.1 Å². The quantitative estimate of drug-likeness (QED) is 0.221. The van der Waals surface area contributed by atoms with Gasteiger partial charge in [0.25, 0.3) is 5.91 Å². The van der Waals surface area contributed by atoms with Gasteiger partial charge in [0.15, 0.2) is 4.90 Å². The Kier molecular flexibility index (Phi) is 7.31. The van der Waals surface area contributed by atoms with Crippen LogP contribution in [0.15, 0.2) is 72.3 Å². The number of pyridine rings is 2. The molecule has 184 valence electrons. The van der Waals surface area contributed by atoms with Crippen molar-refractivity contribution in [3.63, 3.8) is 0 Å². The molecule has 0 unspecified atom stereocenters. The van der Waals surface area contributed by atoms with Gasteiger partial charge in [-0.2, -0.15) is 0 Å². The van der Waals surface area contributed by atoms with Gasteiger partial charge in [0.1, 0.15) is 17.5 Å². The van der Waals surface area contributed by atoms with Gasteiger partial charge in [-0.25, -0.2) is 23.5 Å². The number of nitrogens with zero attached hydrogens (tertiary/aromatic N) is 4. The Bertz CT molecular complexity index is 1650. The SMILES string of the molecule is C=CCc1nc2ccccc2c(C(N)=O)c1[N+](=O)[O-].NS(=O)(=O)c1c([N+](=O)[O-])cnc2ccccc12. The molecule has 2 heterocycles. The van der Waals surface area contributed by atoms with E-state index in [4.69, 9.17) is 10.9 Å². The Balaban J connectivity index is 0.000000202. The molecule has 0 bridgehead atoms. The fraction of sp³-hybridized carbons (Fsp3) is 0.0455. The fourth-order valence-corrected chi connectivity index (χ4v) is 4.41. The van der Waals surface area contributed by atoms with Gasteiger partial charge < -0.3 is 5.73 Å². The molecule has 0 saturated heterocycles. The molecule has 0 atom stereocenters. The van der Waals surface area contributed by atoms with Crippen LogP contribution < -0.4 is 10.9 Å². The number of sulfonamides is 1. The fourth-order valence-electron chi connectivity index (χ4n) is 3.51. The smallest absolute Gasteiger partial charge is 0.308 e. The van der Waals surface area contributed by atoms with Crippen molar-refractivity contribution in [3.05, 3.63) is 98.9 Å². The van der Waals surface area contributed by atoms with Gasteiger partial charge in [0.05, 0.1) is 20.9 Å².